The van der Waals surface area contributed by atoms with Crippen molar-refractivity contribution in [3.8, 4) is 0 Å². The third-order valence-electron chi connectivity index (χ3n) is 3.41. The summed E-state index contributed by atoms with van der Waals surface area (Å²) in [7, 11) is 0. The zero-order valence-corrected chi connectivity index (χ0v) is 11.3. The van der Waals surface area contributed by atoms with Crippen molar-refractivity contribution in [3.63, 3.8) is 0 Å². The molecule has 3 nitrogen and oxygen atoms in total. The van der Waals surface area contributed by atoms with E-state index in [2.05, 4.69) is 47.7 Å². The summed E-state index contributed by atoms with van der Waals surface area (Å²) in [5, 5.41) is 0. The number of benzene rings is 1. The maximum atomic E-state index is 5.69. The quantitative estimate of drug-likeness (QED) is 0.616. The molecule has 3 heteroatoms. The molecular formula is C16H21N3. The van der Waals surface area contributed by atoms with Gasteiger partial charge in [0.2, 0.25) is 0 Å². The molecule has 2 aromatic rings. The SMILES string of the molecule is CCc1cccc(C(CCc2cccnc2)NN)c1. The predicted molar refractivity (Wildman–Crippen MR) is 78.4 cm³/mol. The summed E-state index contributed by atoms with van der Waals surface area (Å²) in [6.07, 6.45) is 6.70. The average molecular weight is 255 g/mol. The van der Waals surface area contributed by atoms with Gasteiger partial charge in [0.1, 0.15) is 0 Å². The van der Waals surface area contributed by atoms with Crippen LogP contribution in [0.3, 0.4) is 0 Å². The first-order valence-electron chi connectivity index (χ1n) is 6.77. The van der Waals surface area contributed by atoms with Gasteiger partial charge in [-0.25, -0.2) is 0 Å². The lowest BCUT2D eigenvalue weighted by Gasteiger charge is -2.17. The maximum Gasteiger partial charge on any atom is 0.0463 e. The molecule has 100 valence electrons. The molecule has 1 atom stereocenters. The lowest BCUT2D eigenvalue weighted by molar-refractivity contribution is 0.515. The summed E-state index contributed by atoms with van der Waals surface area (Å²) in [6, 6.07) is 12.9. The molecule has 0 amide bonds. The van der Waals surface area contributed by atoms with Crippen molar-refractivity contribution in [2.45, 2.75) is 32.2 Å². The van der Waals surface area contributed by atoms with E-state index < -0.39 is 0 Å². The summed E-state index contributed by atoms with van der Waals surface area (Å²) in [5.41, 5.74) is 6.77. The van der Waals surface area contributed by atoms with E-state index in [1.165, 1.54) is 16.7 Å². The predicted octanol–water partition coefficient (Wildman–Crippen LogP) is 2.78. The van der Waals surface area contributed by atoms with Crippen molar-refractivity contribution in [2.24, 2.45) is 5.84 Å². The molecule has 0 fully saturated rings. The van der Waals surface area contributed by atoms with Gasteiger partial charge in [0.15, 0.2) is 0 Å². The number of nitrogens with zero attached hydrogens (tertiary/aromatic N) is 1. The number of nitrogens with one attached hydrogen (secondary N) is 1. The number of aryl methyl sites for hydroxylation is 2. The van der Waals surface area contributed by atoms with E-state index in [1.54, 1.807) is 6.20 Å². The highest BCUT2D eigenvalue weighted by molar-refractivity contribution is 5.26. The van der Waals surface area contributed by atoms with Gasteiger partial charge in [0.25, 0.3) is 0 Å². The molecule has 1 aromatic heterocycles. The molecule has 3 N–H and O–H groups in total. The third-order valence-corrected chi connectivity index (χ3v) is 3.41. The van der Waals surface area contributed by atoms with Gasteiger partial charge in [-0.3, -0.25) is 16.3 Å². The van der Waals surface area contributed by atoms with Crippen LogP contribution in [-0.2, 0) is 12.8 Å². The van der Waals surface area contributed by atoms with Gasteiger partial charge in [-0.2, -0.15) is 0 Å². The van der Waals surface area contributed by atoms with Crippen LogP contribution in [-0.4, -0.2) is 4.98 Å². The minimum Gasteiger partial charge on any atom is -0.271 e. The Balaban J connectivity index is 2.03. The van der Waals surface area contributed by atoms with Crippen LogP contribution in [0.1, 0.15) is 36.1 Å². The van der Waals surface area contributed by atoms with Crippen molar-refractivity contribution < 1.29 is 0 Å². The lowest BCUT2D eigenvalue weighted by Crippen LogP contribution is -2.28. The molecule has 0 spiro atoms. The highest BCUT2D eigenvalue weighted by Crippen LogP contribution is 2.19. The number of nitrogens with two attached hydrogens (primary N) is 1. The summed E-state index contributed by atoms with van der Waals surface area (Å²) in [4.78, 5) is 4.14. The molecule has 0 aliphatic carbocycles. The van der Waals surface area contributed by atoms with Crippen LogP contribution in [0.15, 0.2) is 48.8 Å². The number of rotatable bonds is 6. The minimum atomic E-state index is 0.187. The first kappa shape index (κ1) is 13.7. The summed E-state index contributed by atoms with van der Waals surface area (Å²) in [6.45, 7) is 2.17. The standard InChI is InChI=1S/C16H21N3/c1-2-13-5-3-7-15(11-13)16(19-17)9-8-14-6-4-10-18-12-14/h3-7,10-12,16,19H,2,8-9,17H2,1H3. The number of pyridine rings is 1. The van der Waals surface area contributed by atoms with E-state index in [0.29, 0.717) is 0 Å². The summed E-state index contributed by atoms with van der Waals surface area (Å²) < 4.78 is 0. The van der Waals surface area contributed by atoms with Crippen molar-refractivity contribution in [1.29, 1.82) is 0 Å². The zero-order chi connectivity index (χ0) is 13.5. The summed E-state index contributed by atoms with van der Waals surface area (Å²) >= 11 is 0. The Morgan fingerprint density at radius 3 is 2.74 bits per heavy atom. The molecule has 0 bridgehead atoms. The van der Waals surface area contributed by atoms with Crippen molar-refractivity contribution in [3.05, 3.63) is 65.5 Å². The van der Waals surface area contributed by atoms with Crippen LogP contribution in [0.5, 0.6) is 0 Å². The molecule has 1 unspecified atom stereocenters. The fourth-order valence-corrected chi connectivity index (χ4v) is 2.23. The zero-order valence-electron chi connectivity index (χ0n) is 11.3. The Kier molecular flexibility index (Phi) is 5.07. The molecule has 2 rings (SSSR count). The van der Waals surface area contributed by atoms with Crippen LogP contribution in [0.25, 0.3) is 0 Å². The number of hydrogen-bond donors (Lipinski definition) is 2. The molecule has 0 saturated carbocycles. The van der Waals surface area contributed by atoms with Gasteiger partial charge in [0.05, 0.1) is 0 Å². The Bertz CT molecular complexity index is 496. The Hall–Kier alpha value is -1.71. The minimum absolute atomic E-state index is 0.187. The lowest BCUT2D eigenvalue weighted by atomic mass is 9.98. The smallest absolute Gasteiger partial charge is 0.0463 e. The molecule has 0 radical (unpaired) electrons. The molecule has 0 saturated heterocycles. The van der Waals surface area contributed by atoms with Crippen LogP contribution in [0.4, 0.5) is 0 Å². The van der Waals surface area contributed by atoms with Crippen LogP contribution in [0.2, 0.25) is 0 Å². The van der Waals surface area contributed by atoms with E-state index in [-0.39, 0.29) is 6.04 Å². The monoisotopic (exact) mass is 255 g/mol. The third kappa shape index (κ3) is 3.88. The fraction of sp³-hybridized carbons (Fsp3) is 0.312. The van der Waals surface area contributed by atoms with Crippen molar-refractivity contribution in [1.82, 2.24) is 10.4 Å². The fourth-order valence-electron chi connectivity index (χ4n) is 2.23. The number of aromatic nitrogens is 1. The van der Waals surface area contributed by atoms with Gasteiger partial charge >= 0.3 is 0 Å². The van der Waals surface area contributed by atoms with Crippen LogP contribution < -0.4 is 11.3 Å². The first-order chi connectivity index (χ1) is 9.33. The summed E-state index contributed by atoms with van der Waals surface area (Å²) in [5.74, 6) is 5.69. The van der Waals surface area contributed by atoms with Crippen LogP contribution in [0, 0.1) is 0 Å². The van der Waals surface area contributed by atoms with Gasteiger partial charge in [-0.05, 0) is 42.0 Å². The molecule has 1 aromatic carbocycles. The van der Waals surface area contributed by atoms with E-state index >= 15 is 0 Å². The van der Waals surface area contributed by atoms with Crippen molar-refractivity contribution >= 4 is 0 Å². The topological polar surface area (TPSA) is 50.9 Å². The largest absolute Gasteiger partial charge is 0.271 e. The van der Waals surface area contributed by atoms with Gasteiger partial charge in [-0.15, -0.1) is 0 Å². The second-order valence-corrected chi connectivity index (χ2v) is 4.72. The van der Waals surface area contributed by atoms with E-state index in [0.717, 1.165) is 19.3 Å². The molecule has 0 aliphatic heterocycles. The van der Waals surface area contributed by atoms with Gasteiger partial charge in [-0.1, -0.05) is 37.3 Å². The molecule has 19 heavy (non-hydrogen) atoms. The highest BCUT2D eigenvalue weighted by Gasteiger charge is 2.10. The maximum absolute atomic E-state index is 5.69. The van der Waals surface area contributed by atoms with E-state index in [4.69, 9.17) is 5.84 Å². The second-order valence-electron chi connectivity index (χ2n) is 4.72. The van der Waals surface area contributed by atoms with Gasteiger partial charge < -0.3 is 0 Å². The first-order valence-corrected chi connectivity index (χ1v) is 6.77. The molecule has 1 heterocycles. The highest BCUT2D eigenvalue weighted by atomic mass is 15.2. The Morgan fingerprint density at radius 1 is 1.21 bits per heavy atom. The number of hydrogen-bond acceptors (Lipinski definition) is 3. The normalized spacial score (nSPS) is 12.3. The van der Waals surface area contributed by atoms with E-state index in [1.807, 2.05) is 12.3 Å². The second kappa shape index (κ2) is 7.02. The van der Waals surface area contributed by atoms with Crippen molar-refractivity contribution in [2.75, 3.05) is 0 Å². The Morgan fingerprint density at radius 2 is 2.05 bits per heavy atom. The average Bonchev–Trinajstić information content (AvgIpc) is 2.49. The molecular weight excluding hydrogens is 234 g/mol. The van der Waals surface area contributed by atoms with Gasteiger partial charge in [0, 0.05) is 18.4 Å². The number of hydrazine groups is 1. The van der Waals surface area contributed by atoms with E-state index in [9.17, 15) is 0 Å². The Labute approximate surface area is 114 Å². The van der Waals surface area contributed by atoms with Crippen LogP contribution >= 0.6 is 0 Å². The molecule has 0 aliphatic rings.